The molecule has 2 rings (SSSR count). The van der Waals surface area contributed by atoms with Crippen LogP contribution in [0.3, 0.4) is 0 Å². The van der Waals surface area contributed by atoms with E-state index < -0.39 is 0 Å². The predicted molar refractivity (Wildman–Crippen MR) is 73.3 cm³/mol. The molecule has 0 saturated carbocycles. The molecule has 2 N–H and O–H groups in total. The monoisotopic (exact) mass is 265 g/mol. The highest BCUT2D eigenvalue weighted by Gasteiger charge is 2.30. The molecule has 1 aliphatic heterocycles. The van der Waals surface area contributed by atoms with Gasteiger partial charge in [-0.2, -0.15) is 0 Å². The lowest BCUT2D eigenvalue weighted by atomic mass is 10.0. The van der Waals surface area contributed by atoms with E-state index in [-0.39, 0.29) is 13.2 Å². The molecule has 4 heteroatoms. The molecular weight excluding hydrogens is 246 g/mol. The Balaban J connectivity index is 1.99. The van der Waals surface area contributed by atoms with E-state index in [1.807, 2.05) is 5.38 Å². The summed E-state index contributed by atoms with van der Waals surface area (Å²) in [6.07, 6.45) is 1.16. The number of hydrogen-bond acceptors (Lipinski definition) is 4. The number of aliphatic hydroxyl groups is 2. The molecule has 1 fully saturated rings. The fourth-order valence-electron chi connectivity index (χ4n) is 2.45. The largest absolute Gasteiger partial charge is 0.395 e. The highest BCUT2D eigenvalue weighted by molar-refractivity contribution is 7.10. The van der Waals surface area contributed by atoms with Gasteiger partial charge in [0.05, 0.1) is 6.61 Å². The lowest BCUT2D eigenvalue weighted by Crippen LogP contribution is -2.34. The van der Waals surface area contributed by atoms with Gasteiger partial charge in [0.1, 0.15) is 6.61 Å². The second-order valence-electron chi connectivity index (χ2n) is 4.75. The van der Waals surface area contributed by atoms with Gasteiger partial charge >= 0.3 is 0 Å². The molecule has 2 atom stereocenters. The number of aliphatic hydroxyl groups excluding tert-OH is 2. The van der Waals surface area contributed by atoms with Crippen LogP contribution < -0.4 is 0 Å². The van der Waals surface area contributed by atoms with Crippen molar-refractivity contribution in [3.05, 3.63) is 21.9 Å². The van der Waals surface area contributed by atoms with Crippen molar-refractivity contribution in [3.63, 3.8) is 0 Å². The molecule has 2 unspecified atom stereocenters. The van der Waals surface area contributed by atoms with E-state index in [0.29, 0.717) is 12.0 Å². The minimum absolute atomic E-state index is 0.0958. The summed E-state index contributed by atoms with van der Waals surface area (Å²) in [6.45, 7) is 4.29. The Morgan fingerprint density at radius 2 is 2.33 bits per heavy atom. The summed E-state index contributed by atoms with van der Waals surface area (Å²) in [5.74, 6) is 6.15. The maximum absolute atomic E-state index is 9.42. The van der Waals surface area contributed by atoms with Gasteiger partial charge in [0.25, 0.3) is 0 Å². The number of thiophene rings is 1. The highest BCUT2D eigenvalue weighted by Crippen LogP contribution is 2.27. The predicted octanol–water partition coefficient (Wildman–Crippen LogP) is 1.29. The Bertz CT molecular complexity index is 446. The topological polar surface area (TPSA) is 43.7 Å². The summed E-state index contributed by atoms with van der Waals surface area (Å²) in [5, 5.41) is 20.1. The van der Waals surface area contributed by atoms with Crippen molar-refractivity contribution in [1.29, 1.82) is 0 Å². The average molecular weight is 265 g/mol. The number of hydrogen-bond donors (Lipinski definition) is 2. The van der Waals surface area contributed by atoms with Gasteiger partial charge < -0.3 is 10.2 Å². The first kappa shape index (κ1) is 13.6. The lowest BCUT2D eigenvalue weighted by molar-refractivity contribution is 0.135. The molecule has 0 amide bonds. The second kappa shape index (κ2) is 6.35. The Morgan fingerprint density at radius 1 is 1.50 bits per heavy atom. The molecule has 0 aromatic carbocycles. The van der Waals surface area contributed by atoms with E-state index in [9.17, 15) is 5.11 Å². The Labute approximate surface area is 112 Å². The van der Waals surface area contributed by atoms with Gasteiger partial charge in [-0.05, 0) is 24.9 Å². The van der Waals surface area contributed by atoms with Crippen LogP contribution in [0.5, 0.6) is 0 Å². The van der Waals surface area contributed by atoms with Gasteiger partial charge in [-0.25, -0.2) is 0 Å². The summed E-state index contributed by atoms with van der Waals surface area (Å²) in [7, 11) is 0. The Morgan fingerprint density at radius 3 is 3.06 bits per heavy atom. The molecule has 98 valence electrons. The smallest absolute Gasteiger partial charge is 0.104 e. The van der Waals surface area contributed by atoms with Crippen LogP contribution >= 0.6 is 11.3 Å². The molecular formula is C14H19NO2S. The molecule has 0 aliphatic carbocycles. The Hall–Kier alpha value is -0.860. The summed E-state index contributed by atoms with van der Waals surface area (Å²) < 4.78 is 0. The molecule has 1 aromatic rings. The number of likely N-dealkylation sites (tertiary alicyclic amines) is 1. The highest BCUT2D eigenvalue weighted by atomic mass is 32.1. The van der Waals surface area contributed by atoms with E-state index in [1.165, 1.54) is 4.88 Å². The first-order chi connectivity index (χ1) is 8.74. The Kier molecular flexibility index (Phi) is 4.79. The molecule has 0 bridgehead atoms. The van der Waals surface area contributed by atoms with Crippen molar-refractivity contribution in [2.24, 2.45) is 5.92 Å². The standard InChI is InChI=1S/C14H19NO2S/c1-11-4-5-15(14(11)9-17)8-13-7-12(10-18-13)3-2-6-16/h7,10-11,14,16-17H,4-6,8-9H2,1H3. The maximum atomic E-state index is 9.42. The molecule has 0 radical (unpaired) electrons. The van der Waals surface area contributed by atoms with Crippen molar-refractivity contribution < 1.29 is 10.2 Å². The van der Waals surface area contributed by atoms with Crippen LogP contribution in [0.15, 0.2) is 11.4 Å². The molecule has 3 nitrogen and oxygen atoms in total. The second-order valence-corrected chi connectivity index (χ2v) is 5.74. The lowest BCUT2D eigenvalue weighted by Gasteiger charge is -2.24. The number of rotatable bonds is 3. The zero-order valence-electron chi connectivity index (χ0n) is 10.6. The van der Waals surface area contributed by atoms with Gasteiger partial charge in [-0.3, -0.25) is 4.90 Å². The van der Waals surface area contributed by atoms with Gasteiger partial charge in [0, 0.05) is 28.4 Å². The average Bonchev–Trinajstić information content (AvgIpc) is 2.95. The zero-order chi connectivity index (χ0) is 13.0. The van der Waals surface area contributed by atoms with E-state index in [2.05, 4.69) is 29.7 Å². The third kappa shape index (κ3) is 3.12. The SMILES string of the molecule is CC1CCN(Cc2cc(C#CCO)cs2)C1CO. The third-order valence-corrected chi connectivity index (χ3v) is 4.43. The fraction of sp³-hybridized carbons (Fsp3) is 0.571. The van der Waals surface area contributed by atoms with Crippen molar-refractivity contribution in [1.82, 2.24) is 4.90 Å². The normalized spacial score (nSPS) is 23.9. The first-order valence-corrected chi connectivity index (χ1v) is 7.14. The molecule has 0 spiro atoms. The summed E-state index contributed by atoms with van der Waals surface area (Å²) in [5.41, 5.74) is 0.969. The zero-order valence-corrected chi connectivity index (χ0v) is 11.4. The van der Waals surface area contributed by atoms with Crippen LogP contribution in [-0.4, -0.2) is 40.9 Å². The third-order valence-electron chi connectivity index (χ3n) is 3.51. The van der Waals surface area contributed by atoms with E-state index in [4.69, 9.17) is 5.11 Å². The first-order valence-electron chi connectivity index (χ1n) is 6.26. The molecule has 1 aliphatic rings. The molecule has 18 heavy (non-hydrogen) atoms. The minimum atomic E-state index is -0.0958. The maximum Gasteiger partial charge on any atom is 0.104 e. The quantitative estimate of drug-likeness (QED) is 0.810. The van der Waals surface area contributed by atoms with Crippen LogP contribution in [0.2, 0.25) is 0 Å². The van der Waals surface area contributed by atoms with E-state index in [0.717, 1.165) is 25.1 Å². The summed E-state index contributed by atoms with van der Waals surface area (Å²) in [6, 6.07) is 2.36. The van der Waals surface area contributed by atoms with Crippen molar-refractivity contribution in [3.8, 4) is 11.8 Å². The van der Waals surface area contributed by atoms with Crippen molar-refractivity contribution >= 4 is 11.3 Å². The van der Waals surface area contributed by atoms with Crippen LogP contribution in [0, 0.1) is 17.8 Å². The van der Waals surface area contributed by atoms with Gasteiger partial charge in [-0.1, -0.05) is 18.8 Å². The summed E-state index contributed by atoms with van der Waals surface area (Å²) >= 11 is 1.69. The molecule has 1 aromatic heterocycles. The number of nitrogens with zero attached hydrogens (tertiary/aromatic N) is 1. The van der Waals surface area contributed by atoms with Gasteiger partial charge in [0.2, 0.25) is 0 Å². The summed E-state index contributed by atoms with van der Waals surface area (Å²) in [4.78, 5) is 3.62. The van der Waals surface area contributed by atoms with Crippen molar-refractivity contribution in [2.75, 3.05) is 19.8 Å². The van der Waals surface area contributed by atoms with E-state index in [1.54, 1.807) is 11.3 Å². The van der Waals surface area contributed by atoms with Crippen LogP contribution in [-0.2, 0) is 6.54 Å². The molecule has 1 saturated heterocycles. The van der Waals surface area contributed by atoms with Crippen LogP contribution in [0.25, 0.3) is 0 Å². The van der Waals surface area contributed by atoms with Gasteiger partial charge in [-0.15, -0.1) is 11.3 Å². The van der Waals surface area contributed by atoms with Crippen LogP contribution in [0.4, 0.5) is 0 Å². The van der Waals surface area contributed by atoms with E-state index >= 15 is 0 Å². The van der Waals surface area contributed by atoms with Crippen molar-refractivity contribution in [2.45, 2.75) is 25.9 Å². The molecule has 2 heterocycles. The van der Waals surface area contributed by atoms with Gasteiger partial charge in [0.15, 0.2) is 0 Å². The fourth-order valence-corrected chi connectivity index (χ4v) is 3.29. The minimum Gasteiger partial charge on any atom is -0.395 e. The van der Waals surface area contributed by atoms with Crippen LogP contribution in [0.1, 0.15) is 23.8 Å².